The lowest BCUT2D eigenvalue weighted by Crippen LogP contribution is -2.50. The largest absolute Gasteiger partial charge is 0.451 e. The fourth-order valence-corrected chi connectivity index (χ4v) is 2.90. The summed E-state index contributed by atoms with van der Waals surface area (Å²) in [5.74, 6) is -1.40. The summed E-state index contributed by atoms with van der Waals surface area (Å²) in [6.45, 7) is 1.42. The van der Waals surface area contributed by atoms with E-state index in [9.17, 15) is 14.9 Å². The Morgan fingerprint density at radius 3 is 2.42 bits per heavy atom. The van der Waals surface area contributed by atoms with Crippen LogP contribution in [0, 0.1) is 29.6 Å². The number of hydrogen-bond donors (Lipinski definition) is 1. The first-order chi connectivity index (χ1) is 12.5. The van der Waals surface area contributed by atoms with Crippen molar-refractivity contribution in [2.75, 3.05) is 6.61 Å². The average molecular weight is 351 g/mol. The van der Waals surface area contributed by atoms with Crippen LogP contribution in [0.15, 0.2) is 29.8 Å². The van der Waals surface area contributed by atoms with Crippen molar-refractivity contribution >= 4 is 18.0 Å². The van der Waals surface area contributed by atoms with Gasteiger partial charge >= 0.3 is 5.97 Å². The van der Waals surface area contributed by atoms with E-state index in [4.69, 9.17) is 10.00 Å². The molecule has 0 atom stereocenters. The third kappa shape index (κ3) is 5.19. The molecule has 0 heterocycles. The predicted molar refractivity (Wildman–Crippen MR) is 95.3 cm³/mol. The van der Waals surface area contributed by atoms with E-state index < -0.39 is 24.0 Å². The number of nitrogens with zero attached hydrogens (tertiary/aromatic N) is 2. The third-order valence-corrected chi connectivity index (χ3v) is 4.36. The number of nitriles is 2. The second-order valence-corrected chi connectivity index (χ2v) is 6.46. The minimum atomic E-state index is -0.877. The van der Waals surface area contributed by atoms with Gasteiger partial charge in [0.05, 0.1) is 6.07 Å². The standard InChI is InChI=1S/C20H21N3O3/c1-15-5-7-16(8-6-15)11-17(12-21)19(25)26-13-18(24)23-20(14-22)9-3-2-4-10-20/h5-8,11H,2-4,9-10,13H2,1H3,(H,23,24)/b17-11+. The SMILES string of the molecule is Cc1ccc(/C=C(\C#N)C(=O)OCC(=O)NC2(C#N)CCCCC2)cc1. The number of nitrogens with one attached hydrogen (secondary N) is 1. The monoisotopic (exact) mass is 351 g/mol. The zero-order valence-electron chi connectivity index (χ0n) is 14.7. The van der Waals surface area contributed by atoms with Gasteiger partial charge in [-0.3, -0.25) is 4.79 Å². The summed E-state index contributed by atoms with van der Waals surface area (Å²) in [5, 5.41) is 21.2. The summed E-state index contributed by atoms with van der Waals surface area (Å²) in [6.07, 6.45) is 5.41. The topological polar surface area (TPSA) is 103 Å². The average Bonchev–Trinajstić information content (AvgIpc) is 2.66. The van der Waals surface area contributed by atoms with Gasteiger partial charge in [0.2, 0.25) is 0 Å². The van der Waals surface area contributed by atoms with Crippen LogP contribution in [0.5, 0.6) is 0 Å². The van der Waals surface area contributed by atoms with Crippen molar-refractivity contribution < 1.29 is 14.3 Å². The van der Waals surface area contributed by atoms with Crippen LogP contribution in [0.3, 0.4) is 0 Å². The summed E-state index contributed by atoms with van der Waals surface area (Å²) in [6, 6.07) is 11.3. The summed E-state index contributed by atoms with van der Waals surface area (Å²) in [5.41, 5.74) is 0.694. The van der Waals surface area contributed by atoms with Crippen molar-refractivity contribution in [3.8, 4) is 12.1 Å². The van der Waals surface area contributed by atoms with E-state index >= 15 is 0 Å². The molecule has 26 heavy (non-hydrogen) atoms. The van der Waals surface area contributed by atoms with E-state index in [1.807, 2.05) is 19.1 Å². The zero-order valence-corrected chi connectivity index (χ0v) is 14.7. The Morgan fingerprint density at radius 2 is 1.85 bits per heavy atom. The fourth-order valence-electron chi connectivity index (χ4n) is 2.90. The number of carbonyl (C=O) groups excluding carboxylic acids is 2. The number of rotatable bonds is 5. The second-order valence-electron chi connectivity index (χ2n) is 6.46. The van der Waals surface area contributed by atoms with Crippen molar-refractivity contribution in [3.05, 3.63) is 41.0 Å². The van der Waals surface area contributed by atoms with E-state index in [1.165, 1.54) is 6.08 Å². The van der Waals surface area contributed by atoms with Gasteiger partial charge in [-0.1, -0.05) is 49.1 Å². The molecule has 1 fully saturated rings. The zero-order chi connectivity index (χ0) is 19.0. The van der Waals surface area contributed by atoms with Gasteiger partial charge in [-0.2, -0.15) is 10.5 Å². The molecule has 0 saturated heterocycles. The first-order valence-electron chi connectivity index (χ1n) is 8.56. The number of amides is 1. The van der Waals surface area contributed by atoms with Crippen molar-refractivity contribution in [3.63, 3.8) is 0 Å². The Kier molecular flexibility index (Phi) is 6.52. The molecule has 1 amide bonds. The number of esters is 1. The Balaban J connectivity index is 1.94. The van der Waals surface area contributed by atoms with Crippen LogP contribution >= 0.6 is 0 Å². The highest BCUT2D eigenvalue weighted by atomic mass is 16.5. The molecular formula is C20H21N3O3. The van der Waals surface area contributed by atoms with Crippen molar-refractivity contribution in [2.24, 2.45) is 0 Å². The molecule has 0 bridgehead atoms. The fraction of sp³-hybridized carbons (Fsp3) is 0.400. The molecule has 1 aromatic rings. The van der Waals surface area contributed by atoms with E-state index in [1.54, 1.807) is 18.2 Å². The maximum atomic E-state index is 12.0. The summed E-state index contributed by atoms with van der Waals surface area (Å²) >= 11 is 0. The van der Waals surface area contributed by atoms with E-state index in [-0.39, 0.29) is 5.57 Å². The summed E-state index contributed by atoms with van der Waals surface area (Å²) in [7, 11) is 0. The molecule has 1 aromatic carbocycles. The maximum absolute atomic E-state index is 12.0. The van der Waals surface area contributed by atoms with Crippen molar-refractivity contribution in [1.29, 1.82) is 10.5 Å². The van der Waals surface area contributed by atoms with Gasteiger partial charge in [0.1, 0.15) is 17.2 Å². The van der Waals surface area contributed by atoms with Crippen LogP contribution in [0.1, 0.15) is 43.2 Å². The number of aryl methyl sites for hydroxylation is 1. The molecule has 1 N–H and O–H groups in total. The molecule has 1 aliphatic carbocycles. The number of benzene rings is 1. The lowest BCUT2D eigenvalue weighted by Gasteiger charge is -2.31. The van der Waals surface area contributed by atoms with Gasteiger partial charge < -0.3 is 10.1 Å². The maximum Gasteiger partial charge on any atom is 0.349 e. The normalized spacial score (nSPS) is 16.0. The highest BCUT2D eigenvalue weighted by Crippen LogP contribution is 2.27. The molecule has 0 aromatic heterocycles. The minimum Gasteiger partial charge on any atom is -0.451 e. The van der Waals surface area contributed by atoms with Gasteiger partial charge in [0, 0.05) is 0 Å². The molecule has 0 unspecified atom stereocenters. The van der Waals surface area contributed by atoms with Crippen molar-refractivity contribution in [2.45, 2.75) is 44.6 Å². The Hall–Kier alpha value is -3.12. The Labute approximate surface area is 153 Å². The highest BCUT2D eigenvalue weighted by Gasteiger charge is 2.33. The summed E-state index contributed by atoms with van der Waals surface area (Å²) in [4.78, 5) is 24.1. The van der Waals surface area contributed by atoms with Crippen LogP contribution in [0.2, 0.25) is 0 Å². The van der Waals surface area contributed by atoms with Gasteiger partial charge in [-0.15, -0.1) is 0 Å². The first kappa shape index (κ1) is 19.2. The third-order valence-electron chi connectivity index (χ3n) is 4.36. The van der Waals surface area contributed by atoms with E-state index in [2.05, 4.69) is 11.4 Å². The van der Waals surface area contributed by atoms with Crippen molar-refractivity contribution in [1.82, 2.24) is 5.32 Å². The van der Waals surface area contributed by atoms with Crippen LogP contribution < -0.4 is 5.32 Å². The lowest BCUT2D eigenvalue weighted by molar-refractivity contribution is -0.144. The molecule has 134 valence electrons. The molecule has 1 saturated carbocycles. The quantitative estimate of drug-likeness (QED) is 0.499. The number of ether oxygens (including phenoxy) is 1. The van der Waals surface area contributed by atoms with Crippen LogP contribution in [0.4, 0.5) is 0 Å². The molecule has 1 aliphatic rings. The smallest absolute Gasteiger partial charge is 0.349 e. The molecule has 0 aliphatic heterocycles. The van der Waals surface area contributed by atoms with Gasteiger partial charge in [0.15, 0.2) is 6.61 Å². The van der Waals surface area contributed by atoms with E-state index in [0.717, 1.165) is 24.8 Å². The number of hydrogen-bond acceptors (Lipinski definition) is 5. The predicted octanol–water partition coefficient (Wildman–Crippen LogP) is 2.79. The van der Waals surface area contributed by atoms with E-state index in [0.29, 0.717) is 18.4 Å². The second kappa shape index (κ2) is 8.82. The van der Waals surface area contributed by atoms with Gasteiger partial charge in [-0.05, 0) is 31.4 Å². The molecule has 0 radical (unpaired) electrons. The molecule has 0 spiro atoms. The number of carbonyl (C=O) groups is 2. The van der Waals surface area contributed by atoms with Crippen LogP contribution in [0.25, 0.3) is 6.08 Å². The highest BCUT2D eigenvalue weighted by molar-refractivity contribution is 5.98. The van der Waals surface area contributed by atoms with Gasteiger partial charge in [0.25, 0.3) is 5.91 Å². The first-order valence-corrected chi connectivity index (χ1v) is 8.56. The van der Waals surface area contributed by atoms with Gasteiger partial charge in [-0.25, -0.2) is 4.79 Å². The van der Waals surface area contributed by atoms with Crippen LogP contribution in [-0.2, 0) is 14.3 Å². The Morgan fingerprint density at radius 1 is 1.19 bits per heavy atom. The summed E-state index contributed by atoms with van der Waals surface area (Å²) < 4.78 is 4.93. The molecule has 6 nitrogen and oxygen atoms in total. The van der Waals surface area contributed by atoms with Crippen LogP contribution in [-0.4, -0.2) is 24.0 Å². The minimum absolute atomic E-state index is 0.186. The lowest BCUT2D eigenvalue weighted by atomic mass is 9.83. The molecular weight excluding hydrogens is 330 g/mol. The molecule has 6 heteroatoms. The Bertz CT molecular complexity index is 776. The molecule has 2 rings (SSSR count).